The number of nitriles is 1. The molecule has 1 nitrogen and oxygen atoms in total. The summed E-state index contributed by atoms with van der Waals surface area (Å²) in [6.07, 6.45) is 0.252. The summed E-state index contributed by atoms with van der Waals surface area (Å²) in [4.78, 5) is 0. The van der Waals surface area contributed by atoms with E-state index in [0.717, 1.165) is 27.8 Å². The molecule has 3 rings (SSSR count). The third-order valence-electron chi connectivity index (χ3n) is 3.71. The van der Waals surface area contributed by atoms with E-state index in [9.17, 15) is 8.78 Å². The van der Waals surface area contributed by atoms with Crippen LogP contribution in [-0.4, -0.2) is 0 Å². The third kappa shape index (κ3) is 3.12. The molecule has 3 heteroatoms. The lowest BCUT2D eigenvalue weighted by atomic mass is 9.89. The number of rotatable bonds is 3. The molecule has 0 saturated carbocycles. The van der Waals surface area contributed by atoms with Gasteiger partial charge in [0.15, 0.2) is 0 Å². The Morgan fingerprint density at radius 2 is 1.30 bits per heavy atom. The summed E-state index contributed by atoms with van der Waals surface area (Å²) < 4.78 is 26.4. The zero-order valence-corrected chi connectivity index (χ0v) is 12.3. The van der Waals surface area contributed by atoms with Crippen LogP contribution in [0.15, 0.2) is 66.7 Å². The Labute approximate surface area is 133 Å². The predicted molar refractivity (Wildman–Crippen MR) is 86.5 cm³/mol. The average Bonchev–Trinajstić information content (AvgIpc) is 2.57. The molecule has 0 unspecified atom stereocenters. The van der Waals surface area contributed by atoms with Gasteiger partial charge in [-0.15, -0.1) is 0 Å². The van der Waals surface area contributed by atoms with Crippen LogP contribution < -0.4 is 0 Å². The summed E-state index contributed by atoms with van der Waals surface area (Å²) in [6.45, 7) is 0. The highest BCUT2D eigenvalue weighted by atomic mass is 19.1. The molecule has 0 aromatic heterocycles. The molecule has 0 radical (unpaired) electrons. The zero-order valence-electron chi connectivity index (χ0n) is 12.3. The summed E-state index contributed by atoms with van der Waals surface area (Å²) >= 11 is 0. The van der Waals surface area contributed by atoms with Crippen LogP contribution >= 0.6 is 0 Å². The van der Waals surface area contributed by atoms with Crippen LogP contribution in [0.2, 0.25) is 0 Å². The lowest BCUT2D eigenvalue weighted by Crippen LogP contribution is -1.93. The molecule has 23 heavy (non-hydrogen) atoms. The maximum absolute atomic E-state index is 13.2. The van der Waals surface area contributed by atoms with Gasteiger partial charge in [-0.05, 0) is 52.1 Å². The highest BCUT2D eigenvalue weighted by Crippen LogP contribution is 2.35. The Bertz CT molecular complexity index is 860. The van der Waals surface area contributed by atoms with E-state index in [2.05, 4.69) is 6.07 Å². The molecule has 0 saturated heterocycles. The molecule has 0 atom stereocenters. The van der Waals surface area contributed by atoms with Crippen molar-refractivity contribution in [1.29, 1.82) is 5.26 Å². The van der Waals surface area contributed by atoms with Crippen molar-refractivity contribution in [3.05, 3.63) is 83.9 Å². The summed E-state index contributed by atoms with van der Waals surface area (Å²) in [5.74, 6) is -0.611. The first kappa shape index (κ1) is 14.9. The number of hydrogen-bond donors (Lipinski definition) is 0. The van der Waals surface area contributed by atoms with Crippen molar-refractivity contribution in [2.75, 3.05) is 0 Å². The van der Waals surface area contributed by atoms with Crippen LogP contribution in [0.25, 0.3) is 22.3 Å². The Hall–Kier alpha value is -2.99. The van der Waals surface area contributed by atoms with E-state index in [4.69, 9.17) is 5.26 Å². The fourth-order valence-corrected chi connectivity index (χ4v) is 2.66. The molecule has 0 spiro atoms. The molecule has 3 aromatic carbocycles. The average molecular weight is 305 g/mol. The molecule has 0 aliphatic rings. The fraction of sp³-hybridized carbons (Fsp3) is 0.0500. The van der Waals surface area contributed by atoms with Gasteiger partial charge in [0.25, 0.3) is 0 Å². The molecule has 0 heterocycles. The minimum Gasteiger partial charge on any atom is -0.207 e. The fourth-order valence-electron chi connectivity index (χ4n) is 2.66. The van der Waals surface area contributed by atoms with Gasteiger partial charge in [-0.25, -0.2) is 8.78 Å². The summed E-state index contributed by atoms with van der Waals surface area (Å²) in [6, 6.07) is 20.2. The Morgan fingerprint density at radius 1 is 0.739 bits per heavy atom. The molecule has 0 amide bonds. The minimum atomic E-state index is -0.310. The van der Waals surface area contributed by atoms with E-state index < -0.39 is 0 Å². The molecule has 0 bridgehead atoms. The predicted octanol–water partition coefficient (Wildman–Crippen LogP) is 5.36. The number of nitrogens with zero attached hydrogens (tertiary/aromatic N) is 1. The second-order valence-electron chi connectivity index (χ2n) is 5.19. The second kappa shape index (κ2) is 6.41. The van der Waals surface area contributed by atoms with Crippen LogP contribution in [0.1, 0.15) is 5.56 Å². The first-order chi connectivity index (χ1) is 11.2. The van der Waals surface area contributed by atoms with E-state index in [1.807, 2.05) is 18.2 Å². The van der Waals surface area contributed by atoms with Crippen LogP contribution in [0.4, 0.5) is 8.78 Å². The number of halogens is 2. The first-order valence-electron chi connectivity index (χ1n) is 7.20. The SMILES string of the molecule is N#CCc1cccc(-c2ccc(F)cc2)c1-c1ccc(F)cc1. The zero-order chi connectivity index (χ0) is 16.2. The molecular formula is C20H13F2N. The monoisotopic (exact) mass is 305 g/mol. The van der Waals surface area contributed by atoms with Crippen molar-refractivity contribution in [2.24, 2.45) is 0 Å². The van der Waals surface area contributed by atoms with Gasteiger partial charge in [-0.3, -0.25) is 0 Å². The van der Waals surface area contributed by atoms with Crippen molar-refractivity contribution in [3.8, 4) is 28.3 Å². The Morgan fingerprint density at radius 3 is 1.87 bits per heavy atom. The standard InChI is InChI=1S/C20H13F2N/c21-17-8-4-14(5-9-17)19-3-1-2-15(12-13-23)20(19)16-6-10-18(22)11-7-16/h1-11H,12H2. The van der Waals surface area contributed by atoms with E-state index in [-0.39, 0.29) is 18.1 Å². The highest BCUT2D eigenvalue weighted by molar-refractivity contribution is 5.85. The van der Waals surface area contributed by atoms with Gasteiger partial charge >= 0.3 is 0 Å². The van der Waals surface area contributed by atoms with Gasteiger partial charge < -0.3 is 0 Å². The second-order valence-corrected chi connectivity index (χ2v) is 5.19. The normalized spacial score (nSPS) is 10.3. The van der Waals surface area contributed by atoms with Gasteiger partial charge in [0.05, 0.1) is 12.5 Å². The molecule has 3 aromatic rings. The maximum atomic E-state index is 13.2. The summed E-state index contributed by atoms with van der Waals surface area (Å²) in [5.41, 5.74) is 4.31. The number of benzene rings is 3. The van der Waals surface area contributed by atoms with Crippen molar-refractivity contribution < 1.29 is 8.78 Å². The third-order valence-corrected chi connectivity index (χ3v) is 3.71. The summed E-state index contributed by atoms with van der Waals surface area (Å²) in [7, 11) is 0. The van der Waals surface area contributed by atoms with E-state index in [1.54, 1.807) is 24.3 Å². The van der Waals surface area contributed by atoms with Crippen LogP contribution in [0.3, 0.4) is 0 Å². The van der Waals surface area contributed by atoms with Gasteiger partial charge in [0.1, 0.15) is 11.6 Å². The quantitative estimate of drug-likeness (QED) is 0.638. The number of hydrogen-bond acceptors (Lipinski definition) is 1. The van der Waals surface area contributed by atoms with Crippen molar-refractivity contribution in [2.45, 2.75) is 6.42 Å². The van der Waals surface area contributed by atoms with Crippen LogP contribution in [-0.2, 0) is 6.42 Å². The largest absolute Gasteiger partial charge is 0.207 e. The van der Waals surface area contributed by atoms with Gasteiger partial charge in [0, 0.05) is 0 Å². The Balaban J connectivity index is 2.23. The molecule has 0 aliphatic heterocycles. The van der Waals surface area contributed by atoms with Crippen LogP contribution in [0.5, 0.6) is 0 Å². The van der Waals surface area contributed by atoms with Gasteiger partial charge in [-0.1, -0.05) is 42.5 Å². The van der Waals surface area contributed by atoms with E-state index >= 15 is 0 Å². The van der Waals surface area contributed by atoms with Crippen LogP contribution in [0, 0.1) is 23.0 Å². The van der Waals surface area contributed by atoms with Crippen molar-refractivity contribution >= 4 is 0 Å². The maximum Gasteiger partial charge on any atom is 0.123 e. The molecule has 0 aliphatic carbocycles. The van der Waals surface area contributed by atoms with Crippen molar-refractivity contribution in [3.63, 3.8) is 0 Å². The van der Waals surface area contributed by atoms with Crippen molar-refractivity contribution in [1.82, 2.24) is 0 Å². The topological polar surface area (TPSA) is 23.8 Å². The van der Waals surface area contributed by atoms with E-state index in [1.165, 1.54) is 24.3 Å². The lowest BCUT2D eigenvalue weighted by Gasteiger charge is -2.14. The molecule has 112 valence electrons. The summed E-state index contributed by atoms with van der Waals surface area (Å²) in [5, 5.41) is 9.07. The lowest BCUT2D eigenvalue weighted by molar-refractivity contribution is 0.627. The highest BCUT2D eigenvalue weighted by Gasteiger charge is 2.12. The smallest absolute Gasteiger partial charge is 0.123 e. The van der Waals surface area contributed by atoms with Gasteiger partial charge in [-0.2, -0.15) is 5.26 Å². The Kier molecular flexibility index (Phi) is 4.16. The van der Waals surface area contributed by atoms with E-state index in [0.29, 0.717) is 0 Å². The molecular weight excluding hydrogens is 292 g/mol. The molecule has 0 fully saturated rings. The first-order valence-corrected chi connectivity index (χ1v) is 7.20. The molecule has 0 N–H and O–H groups in total. The minimum absolute atomic E-state index is 0.252. The van der Waals surface area contributed by atoms with Gasteiger partial charge in [0.2, 0.25) is 0 Å².